The van der Waals surface area contributed by atoms with E-state index in [1.165, 1.54) is 13.3 Å². The Balaban J connectivity index is 1.98. The Hall–Kier alpha value is -2.61. The third kappa shape index (κ3) is 3.17. The van der Waals surface area contributed by atoms with Crippen molar-refractivity contribution in [3.63, 3.8) is 0 Å². The summed E-state index contributed by atoms with van der Waals surface area (Å²) >= 11 is 0. The monoisotopic (exact) mass is 348 g/mol. The highest BCUT2D eigenvalue weighted by Crippen LogP contribution is 2.37. The summed E-state index contributed by atoms with van der Waals surface area (Å²) in [5.74, 6) is -0.141. The van der Waals surface area contributed by atoms with E-state index in [0.29, 0.717) is 43.0 Å². The lowest BCUT2D eigenvalue weighted by Gasteiger charge is -2.38. The lowest BCUT2D eigenvalue weighted by atomic mass is 9.82. The molecule has 0 saturated carbocycles. The Kier molecular flexibility index (Phi) is 4.89. The van der Waals surface area contributed by atoms with Gasteiger partial charge in [-0.2, -0.15) is 5.10 Å². The van der Waals surface area contributed by atoms with Gasteiger partial charge in [-0.15, -0.1) is 0 Å². The number of aromatic amines is 1. The van der Waals surface area contributed by atoms with Crippen LogP contribution in [0.2, 0.25) is 0 Å². The van der Waals surface area contributed by atoms with E-state index in [0.717, 1.165) is 0 Å². The van der Waals surface area contributed by atoms with Gasteiger partial charge in [-0.1, -0.05) is 12.1 Å². The molecule has 0 aliphatic carbocycles. The Morgan fingerprint density at radius 3 is 2.84 bits per heavy atom. The molecule has 2 heterocycles. The van der Waals surface area contributed by atoms with Crippen LogP contribution in [-0.2, 0) is 10.3 Å². The number of amides is 1. The summed E-state index contributed by atoms with van der Waals surface area (Å²) in [4.78, 5) is 12.8. The van der Waals surface area contributed by atoms with Gasteiger partial charge in [-0.05, 0) is 18.9 Å². The highest BCUT2D eigenvalue weighted by molar-refractivity contribution is 5.99. The van der Waals surface area contributed by atoms with Gasteiger partial charge < -0.3 is 20.1 Å². The Bertz CT molecular complexity index is 756. The van der Waals surface area contributed by atoms with E-state index >= 15 is 0 Å². The van der Waals surface area contributed by atoms with E-state index < -0.39 is 11.4 Å². The van der Waals surface area contributed by atoms with Gasteiger partial charge in [0.1, 0.15) is 11.4 Å². The van der Waals surface area contributed by atoms with Crippen molar-refractivity contribution in [2.24, 2.45) is 0 Å². The highest BCUT2D eigenvalue weighted by atomic mass is 19.1. The first kappa shape index (κ1) is 17.2. The zero-order valence-electron chi connectivity index (χ0n) is 14.2. The molecule has 1 aliphatic rings. The van der Waals surface area contributed by atoms with Crippen LogP contribution in [-0.4, -0.2) is 43.5 Å². The summed E-state index contributed by atoms with van der Waals surface area (Å²) < 4.78 is 25.4. The molecule has 1 aromatic carbocycles. The quantitative estimate of drug-likeness (QED) is 0.769. The molecule has 1 saturated heterocycles. The number of carbonyl (C=O) groups excluding carboxylic acids is 1. The van der Waals surface area contributed by atoms with Gasteiger partial charge in [0.25, 0.3) is 5.91 Å². The van der Waals surface area contributed by atoms with Crippen molar-refractivity contribution >= 4 is 11.7 Å². The van der Waals surface area contributed by atoms with Gasteiger partial charge in [-0.25, -0.2) is 4.39 Å². The summed E-state index contributed by atoms with van der Waals surface area (Å²) in [6, 6.07) is 4.96. The zero-order valence-corrected chi connectivity index (χ0v) is 14.2. The average molecular weight is 348 g/mol. The van der Waals surface area contributed by atoms with E-state index in [1.54, 1.807) is 25.2 Å². The van der Waals surface area contributed by atoms with Crippen molar-refractivity contribution in [2.45, 2.75) is 18.4 Å². The molecule has 0 unspecified atom stereocenters. The third-order valence-corrected chi connectivity index (χ3v) is 4.53. The first-order valence-electron chi connectivity index (χ1n) is 8.05. The molecule has 0 radical (unpaired) electrons. The van der Waals surface area contributed by atoms with Gasteiger partial charge in [0.2, 0.25) is 0 Å². The summed E-state index contributed by atoms with van der Waals surface area (Å²) in [6.45, 7) is 0.863. The summed E-state index contributed by atoms with van der Waals surface area (Å²) in [6.07, 6.45) is 2.38. The fourth-order valence-electron chi connectivity index (χ4n) is 3.15. The maximum atomic E-state index is 14.9. The standard InChI is InChI=1S/C17H21FN4O3/c1-19-15-11(10-20-22-15)16(23)21-17(6-8-25-9-7-17)12-4-3-5-13(24-2)14(12)18/h3-5,10H,6-9H2,1-2H3,(H,21,23)(H2,19,20,22). The van der Waals surface area contributed by atoms with Crippen molar-refractivity contribution in [1.29, 1.82) is 0 Å². The molecule has 8 heteroatoms. The second-order valence-corrected chi connectivity index (χ2v) is 5.88. The summed E-state index contributed by atoms with van der Waals surface area (Å²) in [5, 5.41) is 12.5. The fourth-order valence-corrected chi connectivity index (χ4v) is 3.15. The molecule has 7 nitrogen and oxygen atoms in total. The Morgan fingerprint density at radius 1 is 1.40 bits per heavy atom. The molecule has 1 amide bonds. The minimum atomic E-state index is -0.865. The molecule has 2 aromatic rings. The van der Waals surface area contributed by atoms with Gasteiger partial charge >= 0.3 is 0 Å². The number of nitrogens with one attached hydrogen (secondary N) is 3. The van der Waals surface area contributed by atoms with Crippen LogP contribution in [0.15, 0.2) is 24.4 Å². The number of hydrogen-bond acceptors (Lipinski definition) is 5. The number of ether oxygens (including phenoxy) is 2. The van der Waals surface area contributed by atoms with Crippen LogP contribution < -0.4 is 15.4 Å². The maximum Gasteiger partial charge on any atom is 0.257 e. The number of anilines is 1. The molecule has 134 valence electrons. The van der Waals surface area contributed by atoms with Crippen LogP contribution in [0.4, 0.5) is 10.2 Å². The van der Waals surface area contributed by atoms with Crippen LogP contribution >= 0.6 is 0 Å². The van der Waals surface area contributed by atoms with Gasteiger partial charge in [-0.3, -0.25) is 9.89 Å². The minimum absolute atomic E-state index is 0.150. The van der Waals surface area contributed by atoms with Gasteiger partial charge in [0.15, 0.2) is 11.6 Å². The van der Waals surface area contributed by atoms with E-state index in [9.17, 15) is 9.18 Å². The normalized spacial score (nSPS) is 16.3. The van der Waals surface area contributed by atoms with Crippen LogP contribution in [0.5, 0.6) is 5.75 Å². The van der Waals surface area contributed by atoms with Crippen molar-refractivity contribution in [1.82, 2.24) is 15.5 Å². The second kappa shape index (κ2) is 7.10. The molecule has 1 aromatic heterocycles. The molecule has 3 rings (SSSR count). The van der Waals surface area contributed by atoms with Crippen LogP contribution in [0.1, 0.15) is 28.8 Å². The molecule has 0 atom stereocenters. The van der Waals surface area contributed by atoms with E-state index in [2.05, 4.69) is 20.8 Å². The predicted molar refractivity (Wildman–Crippen MR) is 90.3 cm³/mol. The van der Waals surface area contributed by atoms with Crippen LogP contribution in [0.3, 0.4) is 0 Å². The lowest BCUT2D eigenvalue weighted by Crippen LogP contribution is -2.50. The molecule has 1 fully saturated rings. The maximum absolute atomic E-state index is 14.9. The number of nitrogens with zero attached hydrogens (tertiary/aromatic N) is 1. The lowest BCUT2D eigenvalue weighted by molar-refractivity contribution is 0.0332. The number of rotatable bonds is 5. The molecular weight excluding hydrogens is 327 g/mol. The number of H-pyrrole nitrogens is 1. The smallest absolute Gasteiger partial charge is 0.257 e. The van der Waals surface area contributed by atoms with Gasteiger partial charge in [0.05, 0.1) is 18.8 Å². The topological polar surface area (TPSA) is 88.3 Å². The third-order valence-electron chi connectivity index (χ3n) is 4.53. The van der Waals surface area contributed by atoms with Gasteiger partial charge in [0, 0.05) is 25.8 Å². The van der Waals surface area contributed by atoms with Crippen LogP contribution in [0.25, 0.3) is 0 Å². The predicted octanol–water partition coefficient (Wildman–Crippen LogP) is 2.03. The molecule has 0 spiro atoms. The molecule has 1 aliphatic heterocycles. The van der Waals surface area contributed by atoms with E-state index in [-0.39, 0.29) is 11.7 Å². The summed E-state index contributed by atoms with van der Waals surface area (Å²) in [5.41, 5.74) is -0.0920. The number of methoxy groups -OCH3 is 1. The molecule has 3 N–H and O–H groups in total. The molecule has 0 bridgehead atoms. The Labute approximate surface area is 144 Å². The fraction of sp³-hybridized carbons (Fsp3) is 0.412. The van der Waals surface area contributed by atoms with E-state index in [4.69, 9.17) is 9.47 Å². The van der Waals surface area contributed by atoms with Crippen molar-refractivity contribution < 1.29 is 18.7 Å². The SMILES string of the molecule is CNc1[nH]ncc1C(=O)NC1(c2cccc(OC)c2F)CCOCC1. The number of hydrogen-bond donors (Lipinski definition) is 3. The number of benzene rings is 1. The van der Waals surface area contributed by atoms with E-state index in [1.807, 2.05) is 0 Å². The number of carbonyl (C=O) groups is 1. The second-order valence-electron chi connectivity index (χ2n) is 5.88. The summed E-state index contributed by atoms with van der Waals surface area (Å²) in [7, 11) is 3.11. The first-order valence-corrected chi connectivity index (χ1v) is 8.05. The zero-order chi connectivity index (χ0) is 17.9. The van der Waals surface area contributed by atoms with Crippen molar-refractivity contribution in [3.8, 4) is 5.75 Å². The number of aromatic nitrogens is 2. The Morgan fingerprint density at radius 2 is 2.16 bits per heavy atom. The van der Waals surface area contributed by atoms with Crippen LogP contribution in [0, 0.1) is 5.82 Å². The number of halogens is 1. The molecular formula is C17H21FN4O3. The molecule has 25 heavy (non-hydrogen) atoms. The minimum Gasteiger partial charge on any atom is -0.494 e. The largest absolute Gasteiger partial charge is 0.494 e. The highest BCUT2D eigenvalue weighted by Gasteiger charge is 2.39. The van der Waals surface area contributed by atoms with Crippen molar-refractivity contribution in [3.05, 3.63) is 41.3 Å². The first-order chi connectivity index (χ1) is 12.1. The van der Waals surface area contributed by atoms with Crippen molar-refractivity contribution in [2.75, 3.05) is 32.7 Å². The average Bonchev–Trinajstić information content (AvgIpc) is 3.11.